The highest BCUT2D eigenvalue weighted by atomic mass is 79.9. The normalized spacial score (nSPS) is 11.0. The van der Waals surface area contributed by atoms with Crippen molar-refractivity contribution in [2.75, 3.05) is 11.9 Å². The first-order valence-electron chi connectivity index (χ1n) is 10.4. The summed E-state index contributed by atoms with van der Waals surface area (Å²) in [6.45, 7) is 0.442. The summed E-state index contributed by atoms with van der Waals surface area (Å²) in [5, 5.41) is 10.1. The first-order chi connectivity index (χ1) is 16.5. The van der Waals surface area contributed by atoms with Crippen LogP contribution in [0.25, 0.3) is 10.8 Å². The molecular weight excluding hydrogens is 582 g/mol. The molecule has 0 fully saturated rings. The highest BCUT2D eigenvalue weighted by Crippen LogP contribution is 2.35. The van der Waals surface area contributed by atoms with E-state index in [1.54, 1.807) is 6.21 Å². The van der Waals surface area contributed by atoms with E-state index in [9.17, 15) is 4.79 Å². The van der Waals surface area contributed by atoms with Gasteiger partial charge in [-0.2, -0.15) is 5.10 Å². The van der Waals surface area contributed by atoms with Crippen LogP contribution in [0.2, 0.25) is 5.02 Å². The molecule has 0 bridgehead atoms. The van der Waals surface area contributed by atoms with E-state index in [-0.39, 0.29) is 12.5 Å². The molecule has 0 saturated carbocycles. The number of carbonyl (C=O) groups is 1. The van der Waals surface area contributed by atoms with Crippen molar-refractivity contribution in [1.82, 2.24) is 5.43 Å². The molecule has 8 heteroatoms. The van der Waals surface area contributed by atoms with Crippen LogP contribution in [0.5, 0.6) is 5.75 Å². The van der Waals surface area contributed by atoms with Gasteiger partial charge in [0.1, 0.15) is 12.4 Å². The highest BCUT2D eigenvalue weighted by molar-refractivity contribution is 9.11. The number of hydrogen-bond donors (Lipinski definition) is 2. The van der Waals surface area contributed by atoms with E-state index in [2.05, 4.69) is 47.7 Å². The topological polar surface area (TPSA) is 62.7 Å². The largest absolute Gasteiger partial charge is 0.486 e. The van der Waals surface area contributed by atoms with Crippen molar-refractivity contribution in [2.24, 2.45) is 5.10 Å². The zero-order valence-electron chi connectivity index (χ0n) is 17.9. The summed E-state index contributed by atoms with van der Waals surface area (Å²) in [7, 11) is 0. The molecule has 0 unspecified atom stereocenters. The molecule has 0 aliphatic carbocycles. The molecule has 0 aliphatic rings. The van der Waals surface area contributed by atoms with Crippen LogP contribution in [0.15, 0.2) is 92.9 Å². The standard InChI is InChI=1S/C26H20Br2ClN3O2/c27-21-12-17(13-22(28)26(21)34-16-19-7-2-4-10-23(19)29)14-31-32-25(33)15-30-24-11-5-8-18-6-1-3-9-20(18)24/h1-14,30H,15-16H2,(H,32,33)/b31-14-. The maximum atomic E-state index is 12.2. The van der Waals surface area contributed by atoms with Crippen LogP contribution in [0.1, 0.15) is 11.1 Å². The number of halogens is 3. The van der Waals surface area contributed by atoms with Gasteiger partial charge in [-0.05, 0) is 67.1 Å². The number of rotatable bonds is 8. The number of amides is 1. The fourth-order valence-electron chi connectivity index (χ4n) is 3.33. The number of nitrogens with one attached hydrogen (secondary N) is 2. The lowest BCUT2D eigenvalue weighted by Crippen LogP contribution is -2.25. The van der Waals surface area contributed by atoms with Crippen LogP contribution in [0, 0.1) is 0 Å². The van der Waals surface area contributed by atoms with Crippen LogP contribution >= 0.6 is 43.5 Å². The smallest absolute Gasteiger partial charge is 0.259 e. The molecule has 0 spiro atoms. The molecule has 0 aromatic heterocycles. The maximum Gasteiger partial charge on any atom is 0.259 e. The van der Waals surface area contributed by atoms with Gasteiger partial charge in [-0.25, -0.2) is 5.43 Å². The van der Waals surface area contributed by atoms with E-state index in [0.29, 0.717) is 17.4 Å². The third kappa shape index (κ3) is 6.17. The second kappa shape index (κ2) is 11.5. The van der Waals surface area contributed by atoms with E-state index < -0.39 is 0 Å². The summed E-state index contributed by atoms with van der Waals surface area (Å²) in [6.07, 6.45) is 1.57. The van der Waals surface area contributed by atoms with Crippen LogP contribution < -0.4 is 15.5 Å². The van der Waals surface area contributed by atoms with Gasteiger partial charge in [0.05, 0.1) is 21.7 Å². The van der Waals surface area contributed by atoms with Crippen LogP contribution in [0.4, 0.5) is 5.69 Å². The molecule has 0 radical (unpaired) electrons. The number of carbonyl (C=O) groups excluding carboxylic acids is 1. The average molecular weight is 602 g/mol. The molecule has 4 aromatic carbocycles. The minimum atomic E-state index is -0.248. The van der Waals surface area contributed by atoms with Crippen molar-refractivity contribution in [2.45, 2.75) is 6.61 Å². The molecule has 1 amide bonds. The van der Waals surface area contributed by atoms with E-state index in [0.717, 1.165) is 36.5 Å². The second-order valence-electron chi connectivity index (χ2n) is 7.37. The summed E-state index contributed by atoms with van der Waals surface area (Å²) < 4.78 is 7.43. The first-order valence-corrected chi connectivity index (χ1v) is 12.4. The predicted molar refractivity (Wildman–Crippen MR) is 146 cm³/mol. The third-order valence-electron chi connectivity index (χ3n) is 4.98. The Kier molecular flexibility index (Phi) is 8.21. The van der Waals surface area contributed by atoms with Gasteiger partial charge < -0.3 is 10.1 Å². The number of anilines is 1. The van der Waals surface area contributed by atoms with Gasteiger partial charge in [-0.1, -0.05) is 66.2 Å². The van der Waals surface area contributed by atoms with Crippen molar-refractivity contribution in [3.05, 3.63) is 104 Å². The van der Waals surface area contributed by atoms with Gasteiger partial charge in [0, 0.05) is 21.7 Å². The molecule has 34 heavy (non-hydrogen) atoms. The molecule has 0 heterocycles. The van der Waals surface area contributed by atoms with Crippen LogP contribution in [0.3, 0.4) is 0 Å². The highest BCUT2D eigenvalue weighted by Gasteiger charge is 2.10. The zero-order valence-corrected chi connectivity index (χ0v) is 21.8. The van der Waals surface area contributed by atoms with Crippen LogP contribution in [-0.2, 0) is 11.4 Å². The van der Waals surface area contributed by atoms with E-state index in [1.165, 1.54) is 0 Å². The SMILES string of the molecule is O=C(CNc1cccc2ccccc12)N/N=C\c1cc(Br)c(OCc2ccccc2Cl)c(Br)c1. The summed E-state index contributed by atoms with van der Waals surface area (Å²) >= 11 is 13.3. The summed E-state index contributed by atoms with van der Waals surface area (Å²) in [4.78, 5) is 12.2. The van der Waals surface area contributed by atoms with Crippen molar-refractivity contribution in [1.29, 1.82) is 0 Å². The van der Waals surface area contributed by atoms with Gasteiger partial charge >= 0.3 is 0 Å². The quantitative estimate of drug-likeness (QED) is 0.166. The minimum Gasteiger partial charge on any atom is -0.486 e. The Bertz CT molecular complexity index is 1330. The van der Waals surface area contributed by atoms with E-state index >= 15 is 0 Å². The molecule has 0 atom stereocenters. The lowest BCUT2D eigenvalue weighted by molar-refractivity contribution is -0.119. The van der Waals surface area contributed by atoms with Crippen molar-refractivity contribution in [3.8, 4) is 5.75 Å². The van der Waals surface area contributed by atoms with Crippen LogP contribution in [-0.4, -0.2) is 18.7 Å². The molecular formula is C26H20Br2ClN3O2. The third-order valence-corrected chi connectivity index (χ3v) is 6.53. The second-order valence-corrected chi connectivity index (χ2v) is 9.48. The summed E-state index contributed by atoms with van der Waals surface area (Å²) in [5.41, 5.74) is 5.13. The van der Waals surface area contributed by atoms with Crippen molar-refractivity contribution >= 4 is 72.0 Å². The van der Waals surface area contributed by atoms with Gasteiger partial charge in [0.2, 0.25) is 0 Å². The Hall–Kier alpha value is -2.87. The van der Waals surface area contributed by atoms with E-state index in [1.807, 2.05) is 78.9 Å². The summed E-state index contributed by atoms with van der Waals surface area (Å²) in [6, 6.07) is 25.2. The maximum absolute atomic E-state index is 12.2. The number of benzene rings is 4. The molecule has 0 saturated heterocycles. The molecule has 5 nitrogen and oxygen atoms in total. The van der Waals surface area contributed by atoms with Crippen molar-refractivity contribution in [3.63, 3.8) is 0 Å². The first kappa shape index (κ1) is 24.3. The number of fused-ring (bicyclic) bond motifs is 1. The Balaban J connectivity index is 1.33. The van der Waals surface area contributed by atoms with Gasteiger partial charge in [0.25, 0.3) is 5.91 Å². The molecule has 0 aliphatic heterocycles. The van der Waals surface area contributed by atoms with E-state index in [4.69, 9.17) is 16.3 Å². The molecule has 2 N–H and O–H groups in total. The Morgan fingerprint density at radius 2 is 1.68 bits per heavy atom. The predicted octanol–water partition coefficient (Wildman–Crippen LogP) is 7.16. The fourth-order valence-corrected chi connectivity index (χ4v) is 4.97. The Morgan fingerprint density at radius 3 is 2.47 bits per heavy atom. The monoisotopic (exact) mass is 599 g/mol. The van der Waals surface area contributed by atoms with Gasteiger partial charge in [-0.15, -0.1) is 0 Å². The Labute approximate surface area is 219 Å². The van der Waals surface area contributed by atoms with Crippen molar-refractivity contribution < 1.29 is 9.53 Å². The number of hydrazone groups is 1. The lowest BCUT2D eigenvalue weighted by Gasteiger charge is -2.12. The number of nitrogens with zero attached hydrogens (tertiary/aromatic N) is 1. The minimum absolute atomic E-state index is 0.105. The number of hydrogen-bond acceptors (Lipinski definition) is 4. The molecule has 4 aromatic rings. The summed E-state index contributed by atoms with van der Waals surface area (Å²) in [5.74, 6) is 0.405. The zero-order chi connectivity index (χ0) is 23.9. The van der Waals surface area contributed by atoms with Gasteiger partial charge in [0.15, 0.2) is 0 Å². The fraction of sp³-hybridized carbons (Fsp3) is 0.0769. The van der Waals surface area contributed by atoms with Gasteiger partial charge in [-0.3, -0.25) is 4.79 Å². The molecule has 4 rings (SSSR count). The lowest BCUT2D eigenvalue weighted by atomic mass is 10.1. The molecule has 172 valence electrons. The Morgan fingerprint density at radius 1 is 0.971 bits per heavy atom. The average Bonchev–Trinajstić information content (AvgIpc) is 2.83. The number of ether oxygens (including phenoxy) is 1.